The number of carbonyl (C=O) groups is 1. The standard InChI is InChI=1S/C22H21NO3/c1-15-7-6-8-18(22(24)25-3)19(15)14-26-21-11-10-17(13-16(21)2)20-9-4-5-12-23-20/h4-13H,14H2,1-3H3. The fourth-order valence-corrected chi connectivity index (χ4v) is 2.85. The van der Waals surface area contributed by atoms with Crippen molar-refractivity contribution in [2.45, 2.75) is 20.5 Å². The van der Waals surface area contributed by atoms with Gasteiger partial charge in [0.1, 0.15) is 12.4 Å². The maximum absolute atomic E-state index is 12.0. The fourth-order valence-electron chi connectivity index (χ4n) is 2.85. The van der Waals surface area contributed by atoms with Gasteiger partial charge in [0.2, 0.25) is 0 Å². The summed E-state index contributed by atoms with van der Waals surface area (Å²) < 4.78 is 10.9. The molecule has 4 heteroatoms. The van der Waals surface area contributed by atoms with Gasteiger partial charge in [-0.05, 0) is 61.4 Å². The van der Waals surface area contributed by atoms with Crippen molar-refractivity contribution < 1.29 is 14.3 Å². The van der Waals surface area contributed by atoms with E-state index in [1.807, 2.05) is 56.3 Å². The van der Waals surface area contributed by atoms with Crippen LogP contribution in [-0.2, 0) is 11.3 Å². The zero-order valence-corrected chi connectivity index (χ0v) is 15.2. The molecule has 1 aromatic heterocycles. The second-order valence-electron chi connectivity index (χ2n) is 6.08. The van der Waals surface area contributed by atoms with Crippen molar-refractivity contribution in [3.8, 4) is 17.0 Å². The number of benzene rings is 2. The van der Waals surface area contributed by atoms with Gasteiger partial charge in [-0.3, -0.25) is 4.98 Å². The number of nitrogens with zero attached hydrogens (tertiary/aromatic N) is 1. The van der Waals surface area contributed by atoms with Crippen molar-refractivity contribution >= 4 is 5.97 Å². The average molecular weight is 347 g/mol. The Labute approximate surface area is 153 Å². The number of aryl methyl sites for hydroxylation is 2. The molecule has 26 heavy (non-hydrogen) atoms. The summed E-state index contributed by atoms with van der Waals surface area (Å²) in [4.78, 5) is 16.4. The van der Waals surface area contributed by atoms with Gasteiger partial charge >= 0.3 is 5.97 Å². The molecule has 0 amide bonds. The van der Waals surface area contributed by atoms with Crippen LogP contribution in [0.4, 0.5) is 0 Å². The lowest BCUT2D eigenvalue weighted by Crippen LogP contribution is -2.10. The van der Waals surface area contributed by atoms with Crippen LogP contribution >= 0.6 is 0 Å². The minimum Gasteiger partial charge on any atom is -0.489 e. The largest absolute Gasteiger partial charge is 0.489 e. The average Bonchev–Trinajstić information content (AvgIpc) is 2.67. The highest BCUT2D eigenvalue weighted by Crippen LogP contribution is 2.26. The molecule has 3 rings (SSSR count). The van der Waals surface area contributed by atoms with E-state index in [-0.39, 0.29) is 5.97 Å². The van der Waals surface area contributed by atoms with E-state index in [9.17, 15) is 4.79 Å². The maximum Gasteiger partial charge on any atom is 0.338 e. The molecular formula is C22H21NO3. The summed E-state index contributed by atoms with van der Waals surface area (Å²) >= 11 is 0. The van der Waals surface area contributed by atoms with Gasteiger partial charge in [0, 0.05) is 17.3 Å². The lowest BCUT2D eigenvalue weighted by molar-refractivity contribution is 0.0597. The first-order valence-corrected chi connectivity index (χ1v) is 8.42. The Morgan fingerprint density at radius 1 is 1.00 bits per heavy atom. The normalized spacial score (nSPS) is 10.4. The molecule has 132 valence electrons. The van der Waals surface area contributed by atoms with Gasteiger partial charge in [0.25, 0.3) is 0 Å². The van der Waals surface area contributed by atoms with Crippen molar-refractivity contribution in [2.24, 2.45) is 0 Å². The van der Waals surface area contributed by atoms with E-state index in [0.717, 1.165) is 33.7 Å². The SMILES string of the molecule is COC(=O)c1cccc(C)c1COc1ccc(-c2ccccn2)cc1C. The molecule has 0 unspecified atom stereocenters. The molecule has 0 spiro atoms. The number of hydrogen-bond acceptors (Lipinski definition) is 4. The number of hydrogen-bond donors (Lipinski definition) is 0. The van der Waals surface area contributed by atoms with Crippen LogP contribution in [0.15, 0.2) is 60.8 Å². The van der Waals surface area contributed by atoms with Crippen molar-refractivity contribution in [1.29, 1.82) is 0 Å². The summed E-state index contributed by atoms with van der Waals surface area (Å²) in [6, 6.07) is 17.4. The topological polar surface area (TPSA) is 48.4 Å². The van der Waals surface area contributed by atoms with Gasteiger partial charge in [-0.25, -0.2) is 4.79 Å². The summed E-state index contributed by atoms with van der Waals surface area (Å²) in [5, 5.41) is 0. The predicted molar refractivity (Wildman–Crippen MR) is 101 cm³/mol. The number of pyridine rings is 1. The fraction of sp³-hybridized carbons (Fsp3) is 0.182. The van der Waals surface area contributed by atoms with Gasteiger partial charge in [0.15, 0.2) is 0 Å². The Balaban J connectivity index is 1.82. The van der Waals surface area contributed by atoms with E-state index in [0.29, 0.717) is 12.2 Å². The second-order valence-corrected chi connectivity index (χ2v) is 6.08. The van der Waals surface area contributed by atoms with E-state index in [4.69, 9.17) is 9.47 Å². The van der Waals surface area contributed by atoms with Gasteiger partial charge in [-0.15, -0.1) is 0 Å². The minimum absolute atomic E-state index is 0.306. The Bertz CT molecular complexity index is 920. The van der Waals surface area contributed by atoms with E-state index < -0.39 is 0 Å². The van der Waals surface area contributed by atoms with Crippen molar-refractivity contribution in [2.75, 3.05) is 7.11 Å². The van der Waals surface area contributed by atoms with Crippen molar-refractivity contribution in [1.82, 2.24) is 4.98 Å². The molecule has 0 fully saturated rings. The molecule has 4 nitrogen and oxygen atoms in total. The first-order chi connectivity index (χ1) is 12.6. The number of aromatic nitrogens is 1. The smallest absolute Gasteiger partial charge is 0.338 e. The highest BCUT2D eigenvalue weighted by atomic mass is 16.5. The van der Waals surface area contributed by atoms with Gasteiger partial charge < -0.3 is 9.47 Å². The monoisotopic (exact) mass is 347 g/mol. The first kappa shape index (κ1) is 17.7. The molecule has 1 heterocycles. The summed E-state index contributed by atoms with van der Waals surface area (Å²) in [6.07, 6.45) is 1.78. The number of carbonyl (C=O) groups excluding carboxylic acids is 1. The third-order valence-corrected chi connectivity index (χ3v) is 4.32. The van der Waals surface area contributed by atoms with Crippen LogP contribution < -0.4 is 4.74 Å². The lowest BCUT2D eigenvalue weighted by atomic mass is 10.0. The summed E-state index contributed by atoms with van der Waals surface area (Å²) in [5.41, 5.74) is 5.36. The van der Waals surface area contributed by atoms with Crippen LogP contribution in [0.5, 0.6) is 5.75 Å². The molecule has 0 saturated carbocycles. The predicted octanol–water partition coefficient (Wildman–Crippen LogP) is 4.73. The number of methoxy groups -OCH3 is 1. The Morgan fingerprint density at radius 3 is 2.54 bits per heavy atom. The van der Waals surface area contributed by atoms with Crippen molar-refractivity contribution in [3.63, 3.8) is 0 Å². The molecule has 0 aliphatic carbocycles. The summed E-state index contributed by atoms with van der Waals surface area (Å²) in [6.45, 7) is 4.27. The number of ether oxygens (including phenoxy) is 2. The maximum atomic E-state index is 12.0. The Kier molecular flexibility index (Phi) is 5.32. The van der Waals surface area contributed by atoms with Crippen molar-refractivity contribution in [3.05, 3.63) is 83.0 Å². The van der Waals surface area contributed by atoms with Gasteiger partial charge in [-0.2, -0.15) is 0 Å². The van der Waals surface area contributed by atoms with Crippen LogP contribution in [0.2, 0.25) is 0 Å². The molecular weight excluding hydrogens is 326 g/mol. The molecule has 3 aromatic rings. The number of rotatable bonds is 5. The summed E-state index contributed by atoms with van der Waals surface area (Å²) in [5.74, 6) is 0.429. The van der Waals surface area contributed by atoms with Gasteiger partial charge in [0.05, 0.1) is 18.4 Å². The number of esters is 1. The van der Waals surface area contributed by atoms with Crippen LogP contribution in [0, 0.1) is 13.8 Å². The lowest BCUT2D eigenvalue weighted by Gasteiger charge is -2.14. The molecule has 0 N–H and O–H groups in total. The Hall–Kier alpha value is -3.14. The third-order valence-electron chi connectivity index (χ3n) is 4.32. The molecule has 0 aliphatic rings. The molecule has 2 aromatic carbocycles. The highest BCUT2D eigenvalue weighted by Gasteiger charge is 2.14. The second kappa shape index (κ2) is 7.83. The first-order valence-electron chi connectivity index (χ1n) is 8.42. The Morgan fingerprint density at radius 2 is 1.85 bits per heavy atom. The molecule has 0 bridgehead atoms. The zero-order valence-electron chi connectivity index (χ0n) is 15.2. The molecule has 0 radical (unpaired) electrons. The zero-order chi connectivity index (χ0) is 18.5. The van der Waals surface area contributed by atoms with Crippen LogP contribution in [0.3, 0.4) is 0 Å². The van der Waals surface area contributed by atoms with Crippen LogP contribution in [0.1, 0.15) is 27.0 Å². The molecule has 0 saturated heterocycles. The third kappa shape index (κ3) is 3.75. The highest BCUT2D eigenvalue weighted by molar-refractivity contribution is 5.91. The van der Waals surface area contributed by atoms with Crippen LogP contribution in [-0.4, -0.2) is 18.1 Å². The van der Waals surface area contributed by atoms with E-state index in [1.165, 1.54) is 7.11 Å². The van der Waals surface area contributed by atoms with Crippen LogP contribution in [0.25, 0.3) is 11.3 Å². The molecule has 0 atom stereocenters. The molecule has 0 aliphatic heterocycles. The minimum atomic E-state index is -0.352. The van der Waals surface area contributed by atoms with Gasteiger partial charge in [-0.1, -0.05) is 18.2 Å². The van der Waals surface area contributed by atoms with E-state index in [2.05, 4.69) is 11.1 Å². The summed E-state index contributed by atoms with van der Waals surface area (Å²) in [7, 11) is 1.38. The van der Waals surface area contributed by atoms with E-state index >= 15 is 0 Å². The quantitative estimate of drug-likeness (QED) is 0.626. The van der Waals surface area contributed by atoms with E-state index in [1.54, 1.807) is 12.3 Å².